The minimum atomic E-state index is -0.713. The van der Waals surface area contributed by atoms with Gasteiger partial charge in [-0.3, -0.25) is 19.7 Å². The maximum absolute atomic E-state index is 12.2. The lowest BCUT2D eigenvalue weighted by molar-refractivity contribution is -0.402. The second-order valence-corrected chi connectivity index (χ2v) is 5.43. The number of nitrogens with one attached hydrogen (secondary N) is 1. The van der Waals surface area contributed by atoms with Gasteiger partial charge in [-0.1, -0.05) is 0 Å². The summed E-state index contributed by atoms with van der Waals surface area (Å²) < 4.78 is 4.84. The summed E-state index contributed by atoms with van der Waals surface area (Å²) in [5.74, 6) is -1.26. The molecule has 124 valence electrons. The van der Waals surface area contributed by atoms with Crippen molar-refractivity contribution in [2.75, 3.05) is 18.4 Å². The molecule has 8 nitrogen and oxygen atoms in total. The molecule has 2 amide bonds. The molecule has 0 unspecified atom stereocenters. The third kappa shape index (κ3) is 3.27. The van der Waals surface area contributed by atoms with E-state index in [1.54, 1.807) is 29.2 Å². The van der Waals surface area contributed by atoms with Crippen molar-refractivity contribution in [2.45, 2.75) is 12.8 Å². The minimum Gasteiger partial charge on any atom is -0.395 e. The van der Waals surface area contributed by atoms with Crippen LogP contribution in [0.3, 0.4) is 0 Å². The summed E-state index contributed by atoms with van der Waals surface area (Å²) in [5.41, 5.74) is 1.03. The van der Waals surface area contributed by atoms with Crippen LogP contribution >= 0.6 is 0 Å². The molecule has 1 fully saturated rings. The number of nitrogens with zero attached hydrogens (tertiary/aromatic N) is 2. The summed E-state index contributed by atoms with van der Waals surface area (Å²) in [7, 11) is 0. The number of hydrogen-bond donors (Lipinski definition) is 1. The Morgan fingerprint density at radius 3 is 2.33 bits per heavy atom. The quantitative estimate of drug-likeness (QED) is 0.685. The van der Waals surface area contributed by atoms with Crippen LogP contribution in [0.5, 0.6) is 0 Å². The Morgan fingerprint density at radius 1 is 1.08 bits per heavy atom. The zero-order chi connectivity index (χ0) is 17.1. The Labute approximate surface area is 137 Å². The average molecular weight is 329 g/mol. The van der Waals surface area contributed by atoms with Gasteiger partial charge in [-0.15, -0.1) is 0 Å². The second-order valence-electron chi connectivity index (χ2n) is 5.43. The molecule has 0 spiro atoms. The molecule has 0 bridgehead atoms. The smallest absolute Gasteiger partial charge is 0.395 e. The molecule has 1 N–H and O–H groups in total. The zero-order valence-corrected chi connectivity index (χ0v) is 12.7. The van der Waals surface area contributed by atoms with E-state index in [0.717, 1.165) is 32.0 Å². The van der Waals surface area contributed by atoms with Gasteiger partial charge >= 0.3 is 5.88 Å². The van der Waals surface area contributed by atoms with E-state index in [0.29, 0.717) is 11.3 Å². The second kappa shape index (κ2) is 6.53. The van der Waals surface area contributed by atoms with Gasteiger partial charge in [0, 0.05) is 24.3 Å². The van der Waals surface area contributed by atoms with Crippen molar-refractivity contribution in [1.82, 2.24) is 4.90 Å². The van der Waals surface area contributed by atoms with Crippen molar-refractivity contribution in [1.29, 1.82) is 0 Å². The van der Waals surface area contributed by atoms with E-state index in [1.165, 1.54) is 6.07 Å². The fraction of sp³-hybridized carbons (Fsp3) is 0.250. The summed E-state index contributed by atoms with van der Waals surface area (Å²) in [6.45, 7) is 1.54. The SMILES string of the molecule is O=C(Nc1ccc(C(=O)N2CCCC2)cc1)c1ccc([N+](=O)[O-])o1. The molecule has 0 atom stereocenters. The predicted molar refractivity (Wildman–Crippen MR) is 84.9 cm³/mol. The highest BCUT2D eigenvalue weighted by Gasteiger charge is 2.20. The van der Waals surface area contributed by atoms with Crippen LogP contribution in [0.4, 0.5) is 11.6 Å². The highest BCUT2D eigenvalue weighted by atomic mass is 16.6. The molecule has 2 aromatic rings. The molecular formula is C16H15N3O5. The van der Waals surface area contributed by atoms with Gasteiger partial charge in [0.2, 0.25) is 0 Å². The molecule has 1 saturated heterocycles. The molecule has 1 aliphatic heterocycles. The van der Waals surface area contributed by atoms with Crippen molar-refractivity contribution in [3.8, 4) is 0 Å². The summed E-state index contributed by atoms with van der Waals surface area (Å²) in [6.07, 6.45) is 2.05. The van der Waals surface area contributed by atoms with Crippen LogP contribution in [0, 0.1) is 10.1 Å². The third-order valence-electron chi connectivity index (χ3n) is 3.78. The largest absolute Gasteiger partial charge is 0.433 e. The van der Waals surface area contributed by atoms with Crippen molar-refractivity contribution >= 4 is 23.4 Å². The summed E-state index contributed by atoms with van der Waals surface area (Å²) >= 11 is 0. The van der Waals surface area contributed by atoms with Crippen molar-refractivity contribution in [2.24, 2.45) is 0 Å². The summed E-state index contributed by atoms with van der Waals surface area (Å²) in [4.78, 5) is 35.8. The van der Waals surface area contributed by atoms with Crippen molar-refractivity contribution in [3.05, 3.63) is 57.8 Å². The molecule has 0 aliphatic carbocycles. The monoisotopic (exact) mass is 329 g/mol. The van der Waals surface area contributed by atoms with E-state index in [2.05, 4.69) is 5.32 Å². The van der Waals surface area contributed by atoms with Crippen molar-refractivity contribution in [3.63, 3.8) is 0 Å². The van der Waals surface area contributed by atoms with Crippen LogP contribution in [0.15, 0.2) is 40.8 Å². The van der Waals surface area contributed by atoms with Crippen molar-refractivity contribution < 1.29 is 18.9 Å². The van der Waals surface area contributed by atoms with Gasteiger partial charge in [0.1, 0.15) is 4.92 Å². The number of furan rings is 1. The van der Waals surface area contributed by atoms with E-state index in [9.17, 15) is 19.7 Å². The highest BCUT2D eigenvalue weighted by molar-refractivity contribution is 6.02. The first kappa shape index (κ1) is 15.7. The van der Waals surface area contributed by atoms with E-state index < -0.39 is 16.7 Å². The standard InChI is InChI=1S/C16H15N3O5/c20-15(13-7-8-14(24-13)19(22)23)17-12-5-3-11(4-6-12)16(21)18-9-1-2-10-18/h3-8H,1-2,9-10H2,(H,17,20). The first-order chi connectivity index (χ1) is 11.5. The number of nitro groups is 1. The van der Waals surface area contributed by atoms with E-state index in [1.807, 2.05) is 0 Å². The molecule has 24 heavy (non-hydrogen) atoms. The number of benzene rings is 1. The molecule has 8 heteroatoms. The molecule has 0 saturated carbocycles. The van der Waals surface area contributed by atoms with Crippen LogP contribution in [0.2, 0.25) is 0 Å². The maximum Gasteiger partial charge on any atom is 0.433 e. The summed E-state index contributed by atoms with van der Waals surface area (Å²) in [6, 6.07) is 8.85. The normalized spacial score (nSPS) is 13.8. The van der Waals surface area contributed by atoms with Crippen LogP contribution < -0.4 is 5.32 Å². The molecule has 0 radical (unpaired) electrons. The number of amides is 2. The molecule has 1 aliphatic rings. The highest BCUT2D eigenvalue weighted by Crippen LogP contribution is 2.18. The maximum atomic E-state index is 12.2. The molecule has 2 heterocycles. The summed E-state index contributed by atoms with van der Waals surface area (Å²) in [5, 5.41) is 13.1. The first-order valence-corrected chi connectivity index (χ1v) is 7.49. The first-order valence-electron chi connectivity index (χ1n) is 7.49. The predicted octanol–water partition coefficient (Wildman–Crippen LogP) is 2.68. The lowest BCUT2D eigenvalue weighted by atomic mass is 10.2. The number of likely N-dealkylation sites (tertiary alicyclic amines) is 1. The molecule has 1 aromatic heterocycles. The van der Waals surface area contributed by atoms with E-state index in [4.69, 9.17) is 4.42 Å². The topological polar surface area (TPSA) is 106 Å². The third-order valence-corrected chi connectivity index (χ3v) is 3.78. The Morgan fingerprint density at radius 2 is 1.75 bits per heavy atom. The van der Waals surface area contributed by atoms with Crippen LogP contribution in [-0.4, -0.2) is 34.7 Å². The van der Waals surface area contributed by atoms with Gasteiger partial charge < -0.3 is 14.6 Å². The Kier molecular flexibility index (Phi) is 4.28. The number of anilines is 1. The average Bonchev–Trinajstić information content (AvgIpc) is 3.26. The van der Waals surface area contributed by atoms with Gasteiger partial charge in [0.15, 0.2) is 5.76 Å². The van der Waals surface area contributed by atoms with Crippen LogP contribution in [-0.2, 0) is 0 Å². The van der Waals surface area contributed by atoms with Gasteiger partial charge in [-0.25, -0.2) is 0 Å². The Hall–Kier alpha value is -3.16. The fourth-order valence-electron chi connectivity index (χ4n) is 2.54. The van der Waals surface area contributed by atoms with E-state index >= 15 is 0 Å². The van der Waals surface area contributed by atoms with Crippen LogP contribution in [0.25, 0.3) is 0 Å². The fourth-order valence-corrected chi connectivity index (χ4v) is 2.54. The Balaban J connectivity index is 1.65. The van der Waals surface area contributed by atoms with Gasteiger partial charge in [-0.2, -0.15) is 0 Å². The molecule has 1 aromatic carbocycles. The number of rotatable bonds is 4. The van der Waals surface area contributed by atoms with Gasteiger partial charge in [0.05, 0.1) is 6.07 Å². The lowest BCUT2D eigenvalue weighted by Crippen LogP contribution is -2.27. The minimum absolute atomic E-state index is 0.0213. The Bertz CT molecular complexity index is 775. The lowest BCUT2D eigenvalue weighted by Gasteiger charge is -2.15. The van der Waals surface area contributed by atoms with Gasteiger partial charge in [0.25, 0.3) is 11.8 Å². The van der Waals surface area contributed by atoms with Gasteiger partial charge in [-0.05, 0) is 43.2 Å². The van der Waals surface area contributed by atoms with E-state index in [-0.39, 0.29) is 11.7 Å². The number of hydrogen-bond acceptors (Lipinski definition) is 5. The zero-order valence-electron chi connectivity index (χ0n) is 12.7. The molecular weight excluding hydrogens is 314 g/mol. The number of carbonyl (C=O) groups is 2. The molecule has 3 rings (SSSR count). The van der Waals surface area contributed by atoms with Crippen LogP contribution in [0.1, 0.15) is 33.8 Å². The number of carbonyl (C=O) groups excluding carboxylic acids is 2.